The monoisotopic (exact) mass is 368 g/mol. The summed E-state index contributed by atoms with van der Waals surface area (Å²) in [4.78, 5) is 19.7. The highest BCUT2D eigenvalue weighted by Gasteiger charge is 2.14. The average Bonchev–Trinajstić information content (AvgIpc) is 2.63. The number of anilines is 2. The molecule has 0 bridgehead atoms. The molecule has 6 nitrogen and oxygen atoms in total. The molecule has 0 atom stereocenters. The fourth-order valence-corrected chi connectivity index (χ4v) is 2.46. The molecule has 1 heterocycles. The zero-order valence-electron chi connectivity index (χ0n) is 14.1. The molecule has 0 fully saturated rings. The van der Waals surface area contributed by atoms with E-state index in [0.29, 0.717) is 28.7 Å². The third-order valence-electron chi connectivity index (χ3n) is 3.64. The highest BCUT2D eigenvalue weighted by Crippen LogP contribution is 2.35. The van der Waals surface area contributed by atoms with E-state index in [9.17, 15) is 4.79 Å². The van der Waals surface area contributed by atoms with E-state index in [2.05, 4.69) is 15.3 Å². The van der Waals surface area contributed by atoms with Crippen LogP contribution in [-0.4, -0.2) is 21.8 Å². The van der Waals surface area contributed by atoms with Gasteiger partial charge in [0, 0.05) is 11.8 Å². The van der Waals surface area contributed by atoms with Crippen LogP contribution < -0.4 is 15.8 Å². The molecule has 1 amide bonds. The maximum absolute atomic E-state index is 11.4. The number of alkyl halides is 1. The Bertz CT molecular complexity index is 929. The molecule has 3 N–H and O–H groups in total. The first kappa shape index (κ1) is 17.7. The number of nitrogen functional groups attached to an aromatic ring is 1. The predicted octanol–water partition coefficient (Wildman–Crippen LogP) is 4.00. The number of hydrogen-bond donors (Lipinski definition) is 2. The van der Waals surface area contributed by atoms with Gasteiger partial charge in [0.05, 0.1) is 5.56 Å². The van der Waals surface area contributed by atoms with Crippen molar-refractivity contribution < 1.29 is 9.53 Å². The largest absolute Gasteiger partial charge is 0.438 e. The number of carbonyl (C=O) groups excluding carboxylic acids is 1. The van der Waals surface area contributed by atoms with Crippen molar-refractivity contribution in [2.24, 2.45) is 0 Å². The Hall–Kier alpha value is -3.12. The summed E-state index contributed by atoms with van der Waals surface area (Å²) in [5.41, 5.74) is 9.24. The molecule has 2 aromatic carbocycles. The van der Waals surface area contributed by atoms with Crippen LogP contribution in [-0.2, 0) is 4.79 Å². The van der Waals surface area contributed by atoms with Crippen molar-refractivity contribution in [3.05, 3.63) is 60.4 Å². The number of nitrogens with two attached hydrogens (primary N) is 1. The van der Waals surface area contributed by atoms with Gasteiger partial charge >= 0.3 is 0 Å². The van der Waals surface area contributed by atoms with E-state index in [-0.39, 0.29) is 11.8 Å². The number of ether oxygens (including phenoxy) is 1. The zero-order chi connectivity index (χ0) is 18.5. The minimum absolute atomic E-state index is 0.120. The maximum atomic E-state index is 11.4. The van der Waals surface area contributed by atoms with Crippen LogP contribution in [0.25, 0.3) is 11.1 Å². The highest BCUT2D eigenvalue weighted by molar-refractivity contribution is 6.29. The van der Waals surface area contributed by atoms with Gasteiger partial charge < -0.3 is 15.8 Å². The Kier molecular flexibility index (Phi) is 5.34. The van der Waals surface area contributed by atoms with Crippen molar-refractivity contribution in [3.8, 4) is 22.8 Å². The summed E-state index contributed by atoms with van der Waals surface area (Å²) in [6.07, 6.45) is 1.35. The lowest BCUT2D eigenvalue weighted by atomic mass is 10.1. The molecule has 1 aromatic heterocycles. The fraction of sp³-hybridized carbons (Fsp3) is 0.105. The van der Waals surface area contributed by atoms with Crippen LogP contribution in [0.2, 0.25) is 0 Å². The summed E-state index contributed by atoms with van der Waals surface area (Å²) in [6, 6.07) is 14.8. The Morgan fingerprint density at radius 3 is 2.69 bits per heavy atom. The summed E-state index contributed by atoms with van der Waals surface area (Å²) >= 11 is 5.51. The predicted molar refractivity (Wildman–Crippen MR) is 102 cm³/mol. The molecule has 0 unspecified atom stereocenters. The number of amides is 1. The highest BCUT2D eigenvalue weighted by atomic mass is 35.5. The normalized spacial score (nSPS) is 10.4. The van der Waals surface area contributed by atoms with Crippen LogP contribution in [0.1, 0.15) is 5.56 Å². The van der Waals surface area contributed by atoms with Crippen LogP contribution in [0.3, 0.4) is 0 Å². The van der Waals surface area contributed by atoms with E-state index < -0.39 is 0 Å². The third kappa shape index (κ3) is 4.10. The van der Waals surface area contributed by atoms with Gasteiger partial charge in [-0.15, -0.1) is 11.6 Å². The van der Waals surface area contributed by atoms with E-state index in [1.54, 1.807) is 24.3 Å². The molecule has 0 saturated carbocycles. The van der Waals surface area contributed by atoms with Crippen molar-refractivity contribution in [1.29, 1.82) is 0 Å². The smallest absolute Gasteiger partial charge is 0.239 e. The summed E-state index contributed by atoms with van der Waals surface area (Å²) in [5.74, 6) is 0.748. The molecule has 132 valence electrons. The molecular formula is C19H17ClN4O2. The number of nitrogens with zero attached hydrogens (tertiary/aromatic N) is 2. The minimum Gasteiger partial charge on any atom is -0.438 e. The molecule has 7 heteroatoms. The molecule has 0 radical (unpaired) electrons. The second-order valence-electron chi connectivity index (χ2n) is 5.62. The van der Waals surface area contributed by atoms with E-state index in [0.717, 1.165) is 11.1 Å². The summed E-state index contributed by atoms with van der Waals surface area (Å²) < 4.78 is 5.92. The summed E-state index contributed by atoms with van der Waals surface area (Å²) in [6.45, 7) is 2.01. The lowest BCUT2D eigenvalue weighted by molar-refractivity contribution is -0.113. The van der Waals surface area contributed by atoms with Gasteiger partial charge in [0.1, 0.15) is 23.8 Å². The molecule has 3 aromatic rings. The van der Waals surface area contributed by atoms with Crippen LogP contribution in [0, 0.1) is 6.92 Å². The molecular weight excluding hydrogens is 352 g/mol. The number of carbonyl (C=O) groups is 1. The van der Waals surface area contributed by atoms with E-state index >= 15 is 0 Å². The minimum atomic E-state index is -0.296. The maximum Gasteiger partial charge on any atom is 0.239 e. The van der Waals surface area contributed by atoms with Gasteiger partial charge in [-0.1, -0.05) is 35.9 Å². The van der Waals surface area contributed by atoms with Crippen molar-refractivity contribution in [3.63, 3.8) is 0 Å². The van der Waals surface area contributed by atoms with Crippen molar-refractivity contribution in [1.82, 2.24) is 9.97 Å². The number of hydrogen-bond acceptors (Lipinski definition) is 5. The SMILES string of the molecule is Cc1ccc(-c2c(N)ncnc2Oc2cccc(NC(=O)CCl)c2)cc1. The van der Waals surface area contributed by atoms with Gasteiger partial charge in [-0.25, -0.2) is 9.97 Å². The number of halogens is 1. The fourth-order valence-electron chi connectivity index (χ4n) is 2.39. The van der Waals surface area contributed by atoms with Gasteiger partial charge in [0.2, 0.25) is 11.8 Å². The first-order valence-electron chi connectivity index (χ1n) is 7.88. The van der Waals surface area contributed by atoms with Gasteiger partial charge in [0.25, 0.3) is 0 Å². The Labute approximate surface area is 156 Å². The summed E-state index contributed by atoms with van der Waals surface area (Å²) in [7, 11) is 0. The number of aryl methyl sites for hydroxylation is 1. The number of rotatable bonds is 5. The molecule has 3 rings (SSSR count). The van der Waals surface area contributed by atoms with Gasteiger partial charge in [-0.05, 0) is 24.6 Å². The molecule has 26 heavy (non-hydrogen) atoms. The standard InChI is InChI=1S/C19H17ClN4O2/c1-12-5-7-13(8-6-12)17-18(21)22-11-23-19(17)26-15-4-2-3-14(9-15)24-16(25)10-20/h2-9,11H,10H2,1H3,(H,24,25)(H2,21,22,23). The van der Waals surface area contributed by atoms with Gasteiger partial charge in [-0.2, -0.15) is 0 Å². The first-order chi connectivity index (χ1) is 12.6. The molecule has 0 saturated heterocycles. The number of aromatic nitrogens is 2. The first-order valence-corrected chi connectivity index (χ1v) is 8.41. The number of nitrogens with one attached hydrogen (secondary N) is 1. The van der Waals surface area contributed by atoms with Crippen LogP contribution in [0.5, 0.6) is 11.6 Å². The Balaban J connectivity index is 1.93. The third-order valence-corrected chi connectivity index (χ3v) is 3.88. The molecule has 0 aliphatic carbocycles. The van der Waals surface area contributed by atoms with Crippen LogP contribution >= 0.6 is 11.6 Å². The van der Waals surface area contributed by atoms with E-state index in [1.165, 1.54) is 6.33 Å². The Morgan fingerprint density at radius 2 is 1.96 bits per heavy atom. The zero-order valence-corrected chi connectivity index (χ0v) is 14.8. The topological polar surface area (TPSA) is 90.1 Å². The molecule has 0 aliphatic heterocycles. The summed E-state index contributed by atoms with van der Waals surface area (Å²) in [5, 5.41) is 2.67. The van der Waals surface area contributed by atoms with Crippen molar-refractivity contribution >= 4 is 29.0 Å². The quantitative estimate of drug-likeness (QED) is 0.664. The Morgan fingerprint density at radius 1 is 1.19 bits per heavy atom. The second-order valence-corrected chi connectivity index (χ2v) is 5.88. The van der Waals surface area contributed by atoms with E-state index in [4.69, 9.17) is 22.1 Å². The average molecular weight is 369 g/mol. The van der Waals surface area contributed by atoms with Gasteiger partial charge in [-0.3, -0.25) is 4.79 Å². The second kappa shape index (κ2) is 7.84. The lowest BCUT2D eigenvalue weighted by Crippen LogP contribution is -2.12. The van der Waals surface area contributed by atoms with Crippen molar-refractivity contribution in [2.45, 2.75) is 6.92 Å². The van der Waals surface area contributed by atoms with Crippen molar-refractivity contribution in [2.75, 3.05) is 16.9 Å². The molecule has 0 spiro atoms. The lowest BCUT2D eigenvalue weighted by Gasteiger charge is -2.13. The van der Waals surface area contributed by atoms with Gasteiger partial charge in [0.15, 0.2) is 0 Å². The molecule has 0 aliphatic rings. The van der Waals surface area contributed by atoms with Crippen LogP contribution in [0.4, 0.5) is 11.5 Å². The number of benzene rings is 2. The van der Waals surface area contributed by atoms with Crippen LogP contribution in [0.15, 0.2) is 54.9 Å². The van der Waals surface area contributed by atoms with E-state index in [1.807, 2.05) is 31.2 Å².